The molecule has 0 saturated carbocycles. The highest BCUT2D eigenvalue weighted by Gasteiger charge is 2.08. The molecule has 0 saturated heterocycles. The Bertz CT molecular complexity index is 543. The second-order valence-corrected chi connectivity index (χ2v) is 5.89. The van der Waals surface area contributed by atoms with Gasteiger partial charge in [-0.25, -0.2) is 9.97 Å². The lowest BCUT2D eigenvalue weighted by Crippen LogP contribution is -2.28. The van der Waals surface area contributed by atoms with Gasteiger partial charge in [-0.05, 0) is 32.0 Å². The molecule has 20 heavy (non-hydrogen) atoms. The highest BCUT2D eigenvalue weighted by molar-refractivity contribution is 7.13. The Morgan fingerprint density at radius 2 is 2.30 bits per heavy atom. The molecule has 0 aliphatic carbocycles. The summed E-state index contributed by atoms with van der Waals surface area (Å²) in [5.41, 5.74) is 1.88. The summed E-state index contributed by atoms with van der Waals surface area (Å²) in [4.78, 5) is 8.61. The van der Waals surface area contributed by atoms with Gasteiger partial charge in [0.15, 0.2) is 10.3 Å². The van der Waals surface area contributed by atoms with Crippen LogP contribution in [0.4, 0.5) is 10.8 Å². The standard InChI is InChI=1S/C14H19ClN4S/c1-3-6-16-10(2)8-11-9-20-14(18-11)19-12-5-4-7-17-13(12)15/h4-5,7,9-10,16H,3,6,8H2,1-2H3,(H,18,19). The number of aromatic nitrogens is 2. The number of nitrogens with zero attached hydrogens (tertiary/aromatic N) is 2. The third kappa shape index (κ3) is 4.44. The molecule has 2 aromatic heterocycles. The maximum Gasteiger partial charge on any atom is 0.187 e. The number of thiazole rings is 1. The molecule has 0 aromatic carbocycles. The maximum atomic E-state index is 6.02. The van der Waals surface area contributed by atoms with Crippen LogP contribution in [0, 0.1) is 0 Å². The predicted octanol–water partition coefficient (Wildman–Crippen LogP) is 3.87. The van der Waals surface area contributed by atoms with Crippen LogP contribution < -0.4 is 10.6 Å². The van der Waals surface area contributed by atoms with E-state index in [2.05, 4.69) is 39.8 Å². The zero-order valence-electron chi connectivity index (χ0n) is 11.7. The third-order valence-electron chi connectivity index (χ3n) is 2.81. The summed E-state index contributed by atoms with van der Waals surface area (Å²) in [7, 11) is 0. The van der Waals surface area contributed by atoms with Crippen molar-refractivity contribution in [3.8, 4) is 0 Å². The summed E-state index contributed by atoms with van der Waals surface area (Å²) < 4.78 is 0. The molecule has 2 heterocycles. The van der Waals surface area contributed by atoms with E-state index in [-0.39, 0.29) is 0 Å². The molecule has 108 valence electrons. The first-order valence-corrected chi connectivity index (χ1v) is 8.00. The van der Waals surface area contributed by atoms with Crippen molar-refractivity contribution < 1.29 is 0 Å². The van der Waals surface area contributed by atoms with Crippen molar-refractivity contribution in [3.63, 3.8) is 0 Å². The van der Waals surface area contributed by atoms with Gasteiger partial charge in [-0.15, -0.1) is 11.3 Å². The molecule has 2 rings (SSSR count). The summed E-state index contributed by atoms with van der Waals surface area (Å²) in [6.07, 6.45) is 3.74. The van der Waals surface area contributed by atoms with Crippen LogP contribution in [0.15, 0.2) is 23.7 Å². The third-order valence-corrected chi connectivity index (χ3v) is 3.92. The topological polar surface area (TPSA) is 49.8 Å². The maximum absolute atomic E-state index is 6.02. The monoisotopic (exact) mass is 310 g/mol. The van der Waals surface area contributed by atoms with E-state index < -0.39 is 0 Å². The number of hydrogen-bond acceptors (Lipinski definition) is 5. The van der Waals surface area contributed by atoms with Gasteiger partial charge in [0.1, 0.15) is 0 Å². The smallest absolute Gasteiger partial charge is 0.187 e. The van der Waals surface area contributed by atoms with Crippen molar-refractivity contribution in [3.05, 3.63) is 34.6 Å². The molecule has 0 aliphatic heterocycles. The van der Waals surface area contributed by atoms with Crippen LogP contribution in [-0.4, -0.2) is 22.6 Å². The normalized spacial score (nSPS) is 12.3. The van der Waals surface area contributed by atoms with Crippen molar-refractivity contribution in [1.29, 1.82) is 0 Å². The number of hydrogen-bond donors (Lipinski definition) is 2. The SMILES string of the molecule is CCCNC(C)Cc1csc(Nc2cccnc2Cl)n1. The molecule has 0 bridgehead atoms. The largest absolute Gasteiger partial charge is 0.329 e. The lowest BCUT2D eigenvalue weighted by molar-refractivity contribution is 0.540. The van der Waals surface area contributed by atoms with Crippen LogP contribution in [0.5, 0.6) is 0 Å². The van der Waals surface area contributed by atoms with E-state index in [1.54, 1.807) is 17.5 Å². The Morgan fingerprint density at radius 1 is 1.45 bits per heavy atom. The number of pyridine rings is 1. The number of rotatable bonds is 7. The number of halogens is 1. The van der Waals surface area contributed by atoms with E-state index in [0.717, 1.165) is 35.9 Å². The minimum atomic E-state index is 0.437. The number of anilines is 2. The Labute approximate surface area is 128 Å². The molecule has 1 unspecified atom stereocenters. The van der Waals surface area contributed by atoms with Gasteiger partial charge in [-0.1, -0.05) is 18.5 Å². The minimum absolute atomic E-state index is 0.437. The lowest BCUT2D eigenvalue weighted by Gasteiger charge is -2.10. The first-order chi connectivity index (χ1) is 9.69. The Hall–Kier alpha value is -1.17. The molecule has 4 nitrogen and oxygen atoms in total. The van der Waals surface area contributed by atoms with Crippen LogP contribution in [0.2, 0.25) is 5.15 Å². The van der Waals surface area contributed by atoms with E-state index in [4.69, 9.17) is 11.6 Å². The average molecular weight is 311 g/mol. The Balaban J connectivity index is 1.94. The van der Waals surface area contributed by atoms with E-state index in [1.165, 1.54) is 0 Å². The van der Waals surface area contributed by atoms with Gasteiger partial charge in [-0.3, -0.25) is 0 Å². The summed E-state index contributed by atoms with van der Waals surface area (Å²) in [6, 6.07) is 4.17. The van der Waals surface area contributed by atoms with Crippen LogP contribution in [0.25, 0.3) is 0 Å². The molecule has 6 heteroatoms. The van der Waals surface area contributed by atoms with Crippen molar-refractivity contribution in [2.45, 2.75) is 32.7 Å². The second kappa shape index (κ2) is 7.57. The quantitative estimate of drug-likeness (QED) is 0.762. The van der Waals surface area contributed by atoms with Gasteiger partial charge >= 0.3 is 0 Å². The van der Waals surface area contributed by atoms with Crippen LogP contribution in [0.1, 0.15) is 26.0 Å². The average Bonchev–Trinajstić information content (AvgIpc) is 2.86. The summed E-state index contributed by atoms with van der Waals surface area (Å²) >= 11 is 7.60. The molecular weight excluding hydrogens is 292 g/mol. The van der Waals surface area contributed by atoms with Gasteiger partial charge in [0.2, 0.25) is 0 Å². The van der Waals surface area contributed by atoms with Crippen molar-refractivity contribution >= 4 is 33.8 Å². The fourth-order valence-corrected chi connectivity index (χ4v) is 2.73. The van der Waals surface area contributed by atoms with Crippen molar-refractivity contribution in [2.24, 2.45) is 0 Å². The molecule has 0 spiro atoms. The Kier molecular flexibility index (Phi) is 5.76. The van der Waals surface area contributed by atoms with Crippen LogP contribution in [0.3, 0.4) is 0 Å². The first-order valence-electron chi connectivity index (χ1n) is 6.74. The Morgan fingerprint density at radius 3 is 3.05 bits per heavy atom. The number of nitrogens with one attached hydrogen (secondary N) is 2. The molecule has 0 amide bonds. The molecule has 1 atom stereocenters. The van der Waals surface area contributed by atoms with Crippen LogP contribution in [-0.2, 0) is 6.42 Å². The molecule has 0 fully saturated rings. The van der Waals surface area contributed by atoms with E-state index >= 15 is 0 Å². The summed E-state index contributed by atoms with van der Waals surface area (Å²) in [5.74, 6) is 0. The molecular formula is C14H19ClN4S. The minimum Gasteiger partial charge on any atom is -0.329 e. The zero-order chi connectivity index (χ0) is 14.4. The molecule has 2 N–H and O–H groups in total. The van der Waals surface area contributed by atoms with Gasteiger partial charge in [0, 0.05) is 24.0 Å². The van der Waals surface area contributed by atoms with Crippen molar-refractivity contribution in [2.75, 3.05) is 11.9 Å². The molecule has 0 radical (unpaired) electrons. The van der Waals surface area contributed by atoms with E-state index in [9.17, 15) is 0 Å². The summed E-state index contributed by atoms with van der Waals surface area (Å²) in [6.45, 7) is 5.39. The zero-order valence-corrected chi connectivity index (χ0v) is 13.3. The molecule has 2 aromatic rings. The van der Waals surface area contributed by atoms with Gasteiger partial charge in [0.05, 0.1) is 11.4 Å². The van der Waals surface area contributed by atoms with Crippen molar-refractivity contribution in [1.82, 2.24) is 15.3 Å². The summed E-state index contributed by atoms with van der Waals surface area (Å²) in [5, 5.41) is 10.0. The fraction of sp³-hybridized carbons (Fsp3) is 0.429. The predicted molar refractivity (Wildman–Crippen MR) is 86.1 cm³/mol. The fourth-order valence-electron chi connectivity index (χ4n) is 1.83. The second-order valence-electron chi connectivity index (χ2n) is 4.67. The highest BCUT2D eigenvalue weighted by Crippen LogP contribution is 2.25. The van der Waals surface area contributed by atoms with E-state index in [0.29, 0.717) is 11.2 Å². The van der Waals surface area contributed by atoms with E-state index in [1.807, 2.05) is 12.1 Å². The lowest BCUT2D eigenvalue weighted by atomic mass is 10.2. The van der Waals surface area contributed by atoms with Crippen LogP contribution >= 0.6 is 22.9 Å². The van der Waals surface area contributed by atoms with Gasteiger partial charge in [0.25, 0.3) is 0 Å². The highest BCUT2D eigenvalue weighted by atomic mass is 35.5. The molecule has 0 aliphatic rings. The first kappa shape index (κ1) is 15.2. The van der Waals surface area contributed by atoms with Gasteiger partial charge < -0.3 is 10.6 Å². The van der Waals surface area contributed by atoms with Gasteiger partial charge in [-0.2, -0.15) is 0 Å².